The molecule has 15 heavy (non-hydrogen) atoms. The van der Waals surface area contributed by atoms with Crippen LogP contribution in [0.3, 0.4) is 0 Å². The second-order valence-corrected chi connectivity index (χ2v) is 3.95. The average molecular weight is 225 g/mol. The van der Waals surface area contributed by atoms with E-state index in [-0.39, 0.29) is 12.1 Å². The molecule has 80 valence electrons. The van der Waals surface area contributed by atoms with Crippen LogP contribution in [0.2, 0.25) is 0 Å². The lowest BCUT2D eigenvalue weighted by Crippen LogP contribution is -2.48. The third-order valence-corrected chi connectivity index (χ3v) is 2.68. The van der Waals surface area contributed by atoms with Gasteiger partial charge in [-0.15, -0.1) is 0 Å². The zero-order valence-corrected chi connectivity index (χ0v) is 9.30. The predicted octanol–water partition coefficient (Wildman–Crippen LogP) is 2.34. The third-order valence-electron chi connectivity index (χ3n) is 2.26. The van der Waals surface area contributed by atoms with E-state index in [9.17, 15) is 3.89 Å². The SMILES string of the molecule is CCN=C1CN(c2ccc(SF)cn2)C1. The molecule has 3 nitrogen and oxygen atoms in total. The zero-order valence-electron chi connectivity index (χ0n) is 8.48. The highest BCUT2D eigenvalue weighted by atomic mass is 32.2. The second kappa shape index (κ2) is 4.61. The van der Waals surface area contributed by atoms with Crippen LogP contribution in [-0.2, 0) is 0 Å². The van der Waals surface area contributed by atoms with Crippen LogP contribution in [0, 0.1) is 0 Å². The van der Waals surface area contributed by atoms with Gasteiger partial charge in [-0.3, -0.25) is 4.99 Å². The Balaban J connectivity index is 1.98. The first kappa shape index (κ1) is 10.4. The highest BCUT2D eigenvalue weighted by Crippen LogP contribution is 2.22. The molecule has 1 fully saturated rings. The Morgan fingerprint density at radius 2 is 2.33 bits per heavy atom. The van der Waals surface area contributed by atoms with Gasteiger partial charge in [0.25, 0.3) is 0 Å². The molecule has 0 radical (unpaired) electrons. The first-order valence-electron chi connectivity index (χ1n) is 4.85. The van der Waals surface area contributed by atoms with Gasteiger partial charge in [0.15, 0.2) is 0 Å². The van der Waals surface area contributed by atoms with Crippen LogP contribution in [0.4, 0.5) is 9.70 Å². The van der Waals surface area contributed by atoms with E-state index in [0.717, 1.165) is 25.5 Å². The second-order valence-electron chi connectivity index (χ2n) is 3.33. The molecule has 1 aromatic rings. The largest absolute Gasteiger partial charge is 0.345 e. The molecule has 0 unspecified atom stereocenters. The molecular weight excluding hydrogens is 213 g/mol. The van der Waals surface area contributed by atoms with Crippen LogP contribution >= 0.6 is 12.1 Å². The molecule has 1 aromatic heterocycles. The summed E-state index contributed by atoms with van der Waals surface area (Å²) in [4.78, 5) is 11.2. The first-order chi connectivity index (χ1) is 7.33. The Morgan fingerprint density at radius 3 is 2.87 bits per heavy atom. The van der Waals surface area contributed by atoms with Crippen molar-refractivity contribution >= 4 is 23.7 Å². The lowest BCUT2D eigenvalue weighted by Gasteiger charge is -2.33. The van der Waals surface area contributed by atoms with Crippen molar-refractivity contribution in [3.63, 3.8) is 0 Å². The zero-order chi connectivity index (χ0) is 10.7. The molecule has 1 aliphatic rings. The van der Waals surface area contributed by atoms with E-state index in [2.05, 4.69) is 14.9 Å². The molecule has 0 spiro atoms. The highest BCUT2D eigenvalue weighted by molar-refractivity contribution is 7.94. The number of aliphatic imine (C=N–C) groups is 1. The van der Waals surface area contributed by atoms with E-state index in [1.807, 2.05) is 13.0 Å². The fraction of sp³-hybridized carbons (Fsp3) is 0.400. The maximum Gasteiger partial charge on any atom is 0.129 e. The van der Waals surface area contributed by atoms with Gasteiger partial charge in [-0.05, 0) is 19.1 Å². The summed E-state index contributed by atoms with van der Waals surface area (Å²) in [5.74, 6) is 0.892. The van der Waals surface area contributed by atoms with Crippen LogP contribution in [0.5, 0.6) is 0 Å². The molecule has 2 rings (SSSR count). The lowest BCUT2D eigenvalue weighted by atomic mass is 10.2. The van der Waals surface area contributed by atoms with Crippen molar-refractivity contribution in [1.82, 2.24) is 4.98 Å². The number of pyridine rings is 1. The molecule has 1 aliphatic heterocycles. The van der Waals surface area contributed by atoms with Gasteiger partial charge in [0.2, 0.25) is 0 Å². The maximum absolute atomic E-state index is 12.2. The van der Waals surface area contributed by atoms with E-state index in [1.165, 1.54) is 5.71 Å². The van der Waals surface area contributed by atoms with Crippen LogP contribution in [0.1, 0.15) is 6.92 Å². The van der Waals surface area contributed by atoms with Crippen molar-refractivity contribution in [3.05, 3.63) is 18.3 Å². The number of hydrogen-bond donors (Lipinski definition) is 0. The van der Waals surface area contributed by atoms with E-state index in [0.29, 0.717) is 4.90 Å². The summed E-state index contributed by atoms with van der Waals surface area (Å²) in [7, 11) is 0. The summed E-state index contributed by atoms with van der Waals surface area (Å²) >= 11 is 0.219. The Bertz CT molecular complexity index is 355. The summed E-state index contributed by atoms with van der Waals surface area (Å²) in [6, 6.07) is 3.58. The minimum absolute atomic E-state index is 0.219. The van der Waals surface area contributed by atoms with Gasteiger partial charge in [0.1, 0.15) is 5.82 Å². The number of nitrogens with zero attached hydrogens (tertiary/aromatic N) is 3. The molecule has 0 aromatic carbocycles. The molecule has 0 atom stereocenters. The summed E-state index contributed by atoms with van der Waals surface area (Å²) < 4.78 is 12.2. The van der Waals surface area contributed by atoms with Gasteiger partial charge >= 0.3 is 0 Å². The Morgan fingerprint density at radius 1 is 1.53 bits per heavy atom. The molecular formula is C10H12FN3S. The van der Waals surface area contributed by atoms with Gasteiger partial charge in [0.05, 0.1) is 35.8 Å². The van der Waals surface area contributed by atoms with Gasteiger partial charge < -0.3 is 4.90 Å². The number of aromatic nitrogens is 1. The average Bonchev–Trinajstić information content (AvgIpc) is 2.23. The minimum Gasteiger partial charge on any atom is -0.345 e. The number of anilines is 1. The minimum atomic E-state index is 0.219. The number of rotatable bonds is 3. The summed E-state index contributed by atoms with van der Waals surface area (Å²) in [6.07, 6.45) is 1.55. The van der Waals surface area contributed by atoms with Crippen molar-refractivity contribution in [2.24, 2.45) is 4.99 Å². The van der Waals surface area contributed by atoms with Crippen LogP contribution in [0.25, 0.3) is 0 Å². The van der Waals surface area contributed by atoms with Crippen molar-refractivity contribution in [2.75, 3.05) is 24.5 Å². The van der Waals surface area contributed by atoms with Crippen molar-refractivity contribution in [3.8, 4) is 0 Å². The van der Waals surface area contributed by atoms with E-state index in [1.54, 1.807) is 12.3 Å². The molecule has 5 heteroatoms. The van der Waals surface area contributed by atoms with Gasteiger partial charge in [-0.2, -0.15) is 3.89 Å². The predicted molar refractivity (Wildman–Crippen MR) is 61.4 cm³/mol. The summed E-state index contributed by atoms with van der Waals surface area (Å²) in [6.45, 7) is 4.57. The Labute approximate surface area is 92.7 Å². The molecule has 0 N–H and O–H groups in total. The number of hydrogen-bond acceptors (Lipinski definition) is 4. The topological polar surface area (TPSA) is 28.5 Å². The van der Waals surface area contributed by atoms with Gasteiger partial charge in [0, 0.05) is 12.7 Å². The van der Waals surface area contributed by atoms with Crippen molar-refractivity contribution in [1.29, 1.82) is 0 Å². The number of halogens is 1. The monoisotopic (exact) mass is 225 g/mol. The van der Waals surface area contributed by atoms with Gasteiger partial charge in [-0.1, -0.05) is 0 Å². The molecule has 2 heterocycles. The van der Waals surface area contributed by atoms with E-state index >= 15 is 0 Å². The normalized spacial score (nSPS) is 15.1. The first-order valence-corrected chi connectivity index (χ1v) is 5.57. The van der Waals surface area contributed by atoms with Crippen molar-refractivity contribution in [2.45, 2.75) is 11.8 Å². The van der Waals surface area contributed by atoms with Gasteiger partial charge in [-0.25, -0.2) is 4.98 Å². The summed E-state index contributed by atoms with van der Waals surface area (Å²) in [5.41, 5.74) is 1.21. The maximum atomic E-state index is 12.2. The van der Waals surface area contributed by atoms with Crippen LogP contribution in [-0.4, -0.2) is 30.3 Å². The molecule has 0 amide bonds. The van der Waals surface area contributed by atoms with E-state index < -0.39 is 0 Å². The smallest absolute Gasteiger partial charge is 0.129 e. The van der Waals surface area contributed by atoms with E-state index in [4.69, 9.17) is 0 Å². The molecule has 0 aliphatic carbocycles. The Hall–Kier alpha value is -1.10. The molecule has 1 saturated heterocycles. The highest BCUT2D eigenvalue weighted by Gasteiger charge is 2.22. The standard InChI is InChI=1S/C10H12FN3S/c1-2-12-8-6-14(7-8)10-4-3-9(15-11)5-13-10/h3-5H,2,6-7H2,1H3. The third kappa shape index (κ3) is 2.28. The summed E-state index contributed by atoms with van der Waals surface area (Å²) in [5, 5.41) is 0. The molecule has 0 saturated carbocycles. The van der Waals surface area contributed by atoms with Crippen LogP contribution in [0.15, 0.2) is 28.2 Å². The quantitative estimate of drug-likeness (QED) is 0.790. The van der Waals surface area contributed by atoms with Crippen molar-refractivity contribution < 1.29 is 3.89 Å². The van der Waals surface area contributed by atoms with Crippen LogP contribution < -0.4 is 4.90 Å². The lowest BCUT2D eigenvalue weighted by molar-refractivity contribution is 0.857. The Kier molecular flexibility index (Phi) is 3.20. The fourth-order valence-corrected chi connectivity index (χ4v) is 1.70. The molecule has 0 bridgehead atoms. The fourth-order valence-electron chi connectivity index (χ4n) is 1.49.